The summed E-state index contributed by atoms with van der Waals surface area (Å²) >= 11 is 1.22. The molecule has 0 aliphatic rings. The summed E-state index contributed by atoms with van der Waals surface area (Å²) in [6.45, 7) is 2.03. The molecule has 0 saturated carbocycles. The van der Waals surface area contributed by atoms with Gasteiger partial charge in [-0.3, -0.25) is 14.9 Å². The van der Waals surface area contributed by atoms with E-state index < -0.39 is 4.92 Å². The predicted molar refractivity (Wildman–Crippen MR) is 55.0 cm³/mol. The fourth-order valence-electron chi connectivity index (χ4n) is 1.17. The van der Waals surface area contributed by atoms with E-state index in [0.717, 1.165) is 12.8 Å². The Kier molecular flexibility index (Phi) is 3.76. The molecule has 76 valence electrons. The third-order valence-corrected chi connectivity index (χ3v) is 2.99. The molecular weight excluding hydrogens is 202 g/mol. The molecule has 0 aliphatic heterocycles. The van der Waals surface area contributed by atoms with Crippen molar-refractivity contribution in [3.63, 3.8) is 0 Å². The molecule has 0 radical (unpaired) electrons. The van der Waals surface area contributed by atoms with Crippen molar-refractivity contribution in [1.29, 1.82) is 0 Å². The highest BCUT2D eigenvalue weighted by Gasteiger charge is 2.17. The molecule has 0 atom stereocenters. The highest BCUT2D eigenvalue weighted by molar-refractivity contribution is 7.14. The van der Waals surface area contributed by atoms with Crippen LogP contribution in [0, 0.1) is 10.1 Å². The number of hydrogen-bond donors (Lipinski definition) is 0. The quantitative estimate of drug-likeness (QED) is 0.429. The Hall–Kier alpha value is -1.23. The monoisotopic (exact) mass is 213 g/mol. The average Bonchev–Trinajstić information content (AvgIpc) is 2.58. The van der Waals surface area contributed by atoms with E-state index in [1.54, 1.807) is 0 Å². The van der Waals surface area contributed by atoms with Gasteiger partial charge in [-0.05, 0) is 12.8 Å². The molecule has 0 unspecified atom stereocenters. The Labute approximate surface area is 85.7 Å². The number of aryl methyl sites for hydroxylation is 1. The second-order valence-electron chi connectivity index (χ2n) is 2.94. The van der Waals surface area contributed by atoms with Crippen LogP contribution in [0.1, 0.15) is 34.3 Å². The molecule has 4 nitrogen and oxygen atoms in total. The second-order valence-corrected chi connectivity index (χ2v) is 4.10. The average molecular weight is 213 g/mol. The molecule has 5 heteroatoms. The highest BCUT2D eigenvalue weighted by Crippen LogP contribution is 2.29. The van der Waals surface area contributed by atoms with Crippen molar-refractivity contribution in [1.82, 2.24) is 0 Å². The van der Waals surface area contributed by atoms with Crippen molar-refractivity contribution in [2.75, 3.05) is 0 Å². The Morgan fingerprint density at radius 1 is 1.64 bits per heavy atom. The van der Waals surface area contributed by atoms with E-state index >= 15 is 0 Å². The van der Waals surface area contributed by atoms with Crippen molar-refractivity contribution in [2.45, 2.75) is 26.2 Å². The number of nitro groups is 1. The van der Waals surface area contributed by atoms with Crippen molar-refractivity contribution in [3.8, 4) is 0 Å². The van der Waals surface area contributed by atoms with Gasteiger partial charge in [-0.2, -0.15) is 0 Å². The minimum atomic E-state index is -0.422. The van der Waals surface area contributed by atoms with Crippen molar-refractivity contribution < 1.29 is 9.72 Å². The number of carbonyl (C=O) groups excluding carboxylic acids is 1. The molecule has 0 saturated heterocycles. The molecule has 1 aromatic rings. The number of nitrogens with zero attached hydrogens (tertiary/aromatic N) is 1. The van der Waals surface area contributed by atoms with Gasteiger partial charge in [0.15, 0.2) is 6.29 Å². The van der Waals surface area contributed by atoms with E-state index in [1.165, 1.54) is 17.4 Å². The molecular formula is C9H11NO3S. The molecule has 0 spiro atoms. The van der Waals surface area contributed by atoms with Crippen LogP contribution in [0.25, 0.3) is 0 Å². The van der Waals surface area contributed by atoms with E-state index in [-0.39, 0.29) is 5.69 Å². The summed E-state index contributed by atoms with van der Waals surface area (Å²) in [5.41, 5.74) is 0.0885. The van der Waals surface area contributed by atoms with E-state index in [2.05, 4.69) is 0 Å². The third kappa shape index (κ3) is 2.38. The van der Waals surface area contributed by atoms with Gasteiger partial charge in [0.05, 0.1) is 14.7 Å². The fraction of sp³-hybridized carbons (Fsp3) is 0.444. The van der Waals surface area contributed by atoms with Gasteiger partial charge in [-0.25, -0.2) is 0 Å². The van der Waals surface area contributed by atoms with Gasteiger partial charge in [0.25, 0.3) is 5.69 Å². The summed E-state index contributed by atoms with van der Waals surface area (Å²) in [6, 6.07) is 1.35. The third-order valence-electron chi connectivity index (χ3n) is 1.88. The standard InChI is InChI=1S/C9H11NO3S/c1-2-3-4-9-8(10(12)13)5-7(6-11)14-9/h5-6H,2-4H2,1H3. The normalized spacial score (nSPS) is 10.1. The summed E-state index contributed by atoms with van der Waals surface area (Å²) in [4.78, 5) is 21.8. The predicted octanol–water partition coefficient (Wildman–Crippen LogP) is 2.81. The molecule has 0 aromatic carbocycles. The Bertz CT molecular complexity index is 346. The van der Waals surface area contributed by atoms with E-state index in [0.29, 0.717) is 22.5 Å². The number of thiophene rings is 1. The van der Waals surface area contributed by atoms with Crippen LogP contribution < -0.4 is 0 Å². The molecule has 1 aromatic heterocycles. The number of carbonyl (C=O) groups is 1. The zero-order valence-electron chi connectivity index (χ0n) is 7.86. The van der Waals surface area contributed by atoms with Gasteiger partial charge < -0.3 is 0 Å². The smallest absolute Gasteiger partial charge is 0.283 e. The molecule has 14 heavy (non-hydrogen) atoms. The summed E-state index contributed by atoms with van der Waals surface area (Å²) in [6.07, 6.45) is 3.25. The molecule has 0 N–H and O–H groups in total. The van der Waals surface area contributed by atoms with Crippen LogP contribution in [-0.4, -0.2) is 11.2 Å². The maximum atomic E-state index is 10.6. The van der Waals surface area contributed by atoms with Crippen LogP contribution in [0.2, 0.25) is 0 Å². The SMILES string of the molecule is CCCCc1sc(C=O)cc1[N+](=O)[O-]. The lowest BCUT2D eigenvalue weighted by atomic mass is 10.2. The van der Waals surface area contributed by atoms with Crippen LogP contribution in [0.4, 0.5) is 5.69 Å². The second kappa shape index (κ2) is 4.85. The van der Waals surface area contributed by atoms with E-state index in [9.17, 15) is 14.9 Å². The minimum Gasteiger partial charge on any atom is -0.297 e. The number of aldehydes is 1. The van der Waals surface area contributed by atoms with Crippen LogP contribution >= 0.6 is 11.3 Å². The summed E-state index contributed by atoms with van der Waals surface area (Å²) in [7, 11) is 0. The van der Waals surface area contributed by atoms with Gasteiger partial charge in [0.2, 0.25) is 0 Å². The molecule has 0 aliphatic carbocycles. The zero-order chi connectivity index (χ0) is 10.6. The Balaban J connectivity index is 2.93. The van der Waals surface area contributed by atoms with Gasteiger partial charge in [-0.1, -0.05) is 13.3 Å². The summed E-state index contributed by atoms with van der Waals surface area (Å²) in [5, 5.41) is 10.6. The van der Waals surface area contributed by atoms with E-state index in [4.69, 9.17) is 0 Å². The minimum absolute atomic E-state index is 0.0885. The first-order valence-electron chi connectivity index (χ1n) is 4.41. The van der Waals surface area contributed by atoms with Crippen molar-refractivity contribution in [2.24, 2.45) is 0 Å². The van der Waals surface area contributed by atoms with Gasteiger partial charge >= 0.3 is 0 Å². The summed E-state index contributed by atoms with van der Waals surface area (Å²) in [5.74, 6) is 0. The van der Waals surface area contributed by atoms with Gasteiger partial charge in [0, 0.05) is 6.07 Å². The maximum Gasteiger partial charge on any atom is 0.283 e. The topological polar surface area (TPSA) is 60.2 Å². The van der Waals surface area contributed by atoms with Gasteiger partial charge in [-0.15, -0.1) is 11.3 Å². The van der Waals surface area contributed by atoms with Crippen molar-refractivity contribution >= 4 is 23.3 Å². The summed E-state index contributed by atoms with van der Waals surface area (Å²) < 4.78 is 0. The van der Waals surface area contributed by atoms with Crippen LogP contribution in [-0.2, 0) is 6.42 Å². The van der Waals surface area contributed by atoms with Crippen LogP contribution in [0.3, 0.4) is 0 Å². The number of unbranched alkanes of at least 4 members (excludes halogenated alkanes) is 1. The molecule has 1 heterocycles. The Morgan fingerprint density at radius 2 is 2.36 bits per heavy atom. The largest absolute Gasteiger partial charge is 0.297 e. The molecule has 1 rings (SSSR count). The molecule has 0 fully saturated rings. The van der Waals surface area contributed by atoms with Crippen molar-refractivity contribution in [3.05, 3.63) is 25.9 Å². The number of hydrogen-bond acceptors (Lipinski definition) is 4. The fourth-order valence-corrected chi connectivity index (χ4v) is 2.16. The lowest BCUT2D eigenvalue weighted by Crippen LogP contribution is -1.90. The first kappa shape index (κ1) is 10.8. The number of rotatable bonds is 5. The zero-order valence-corrected chi connectivity index (χ0v) is 8.67. The van der Waals surface area contributed by atoms with Crippen LogP contribution in [0.15, 0.2) is 6.07 Å². The molecule has 0 bridgehead atoms. The maximum absolute atomic E-state index is 10.6. The van der Waals surface area contributed by atoms with Crippen LogP contribution in [0.5, 0.6) is 0 Å². The van der Waals surface area contributed by atoms with E-state index in [1.807, 2.05) is 6.92 Å². The lowest BCUT2D eigenvalue weighted by Gasteiger charge is -1.93. The Morgan fingerprint density at radius 3 is 2.86 bits per heavy atom. The highest BCUT2D eigenvalue weighted by atomic mass is 32.1. The van der Waals surface area contributed by atoms with Gasteiger partial charge in [0.1, 0.15) is 0 Å². The lowest BCUT2D eigenvalue weighted by molar-refractivity contribution is -0.385. The first-order valence-corrected chi connectivity index (χ1v) is 5.23. The molecule has 0 amide bonds. The first-order chi connectivity index (χ1) is 6.69.